The average Bonchev–Trinajstić information content (AvgIpc) is 3.04. The second-order valence-corrected chi connectivity index (χ2v) is 9.34. The maximum Gasteiger partial charge on any atom is 0.243 e. The summed E-state index contributed by atoms with van der Waals surface area (Å²) in [7, 11) is -3.56. The quantitative estimate of drug-likeness (QED) is 0.817. The minimum atomic E-state index is -3.56. The fraction of sp³-hybridized carbons (Fsp3) is 0.381. The number of rotatable bonds is 3. The lowest BCUT2D eigenvalue weighted by Crippen LogP contribution is -2.48. The van der Waals surface area contributed by atoms with Gasteiger partial charge in [-0.1, -0.05) is 36.4 Å². The Balaban J connectivity index is 1.56. The number of piperidine rings is 1. The van der Waals surface area contributed by atoms with Crippen molar-refractivity contribution in [3.05, 3.63) is 60.2 Å². The summed E-state index contributed by atoms with van der Waals surface area (Å²) < 4.78 is 27.4. The third-order valence-electron chi connectivity index (χ3n) is 5.56. The Morgan fingerprint density at radius 1 is 1.04 bits per heavy atom. The Hall–Kier alpha value is -2.18. The molecule has 0 aromatic heterocycles. The summed E-state index contributed by atoms with van der Waals surface area (Å²) in [6.07, 6.45) is 2.28. The largest absolute Gasteiger partial charge is 0.309 e. The van der Waals surface area contributed by atoms with Crippen LogP contribution in [0.1, 0.15) is 25.3 Å². The summed E-state index contributed by atoms with van der Waals surface area (Å²) in [5.41, 5.74) is 2.15. The van der Waals surface area contributed by atoms with Crippen LogP contribution in [-0.2, 0) is 21.2 Å². The second kappa shape index (κ2) is 7.09. The summed E-state index contributed by atoms with van der Waals surface area (Å²) in [6.45, 7) is 2.77. The van der Waals surface area contributed by atoms with E-state index in [1.807, 2.05) is 23.1 Å². The van der Waals surface area contributed by atoms with Crippen molar-refractivity contribution in [2.24, 2.45) is 5.92 Å². The lowest BCUT2D eigenvalue weighted by Gasteiger charge is -2.34. The number of fused-ring (bicyclic) bond motifs is 1. The predicted octanol–water partition coefficient (Wildman–Crippen LogP) is 3.07. The molecule has 2 aliphatic heterocycles. The molecule has 2 aromatic rings. The van der Waals surface area contributed by atoms with Gasteiger partial charge in [-0.25, -0.2) is 8.42 Å². The average molecular weight is 385 g/mol. The zero-order valence-electron chi connectivity index (χ0n) is 15.4. The SMILES string of the molecule is C[C@H]1Cc2ccccc2N1C(=O)[C@@H]1CCCN(S(=O)(=O)c2ccccc2)C1. The number of nitrogens with zero attached hydrogens (tertiary/aromatic N) is 2. The highest BCUT2D eigenvalue weighted by molar-refractivity contribution is 7.89. The number of para-hydroxylation sites is 1. The van der Waals surface area contributed by atoms with E-state index in [0.717, 1.165) is 18.5 Å². The minimum absolute atomic E-state index is 0.0420. The number of carbonyl (C=O) groups is 1. The molecular weight excluding hydrogens is 360 g/mol. The van der Waals surface area contributed by atoms with Gasteiger partial charge in [0, 0.05) is 24.8 Å². The van der Waals surface area contributed by atoms with Crippen molar-refractivity contribution >= 4 is 21.6 Å². The summed E-state index contributed by atoms with van der Waals surface area (Å²) in [4.78, 5) is 15.5. The number of anilines is 1. The first-order chi connectivity index (χ1) is 13.0. The third-order valence-corrected chi connectivity index (χ3v) is 7.44. The fourth-order valence-electron chi connectivity index (χ4n) is 4.20. The maximum atomic E-state index is 13.3. The summed E-state index contributed by atoms with van der Waals surface area (Å²) in [5, 5.41) is 0. The Labute approximate surface area is 160 Å². The molecule has 0 spiro atoms. The monoisotopic (exact) mass is 384 g/mol. The van der Waals surface area contributed by atoms with Crippen molar-refractivity contribution in [1.29, 1.82) is 0 Å². The molecule has 4 rings (SSSR count). The topological polar surface area (TPSA) is 57.7 Å². The second-order valence-electron chi connectivity index (χ2n) is 7.41. The Bertz CT molecular complexity index is 943. The van der Waals surface area contributed by atoms with E-state index < -0.39 is 10.0 Å². The smallest absolute Gasteiger partial charge is 0.243 e. The molecule has 2 aromatic carbocycles. The van der Waals surface area contributed by atoms with Gasteiger partial charge in [-0.2, -0.15) is 4.31 Å². The zero-order chi connectivity index (χ0) is 19.0. The van der Waals surface area contributed by atoms with Gasteiger partial charge in [0.15, 0.2) is 0 Å². The molecule has 2 aliphatic rings. The molecule has 1 fully saturated rings. The van der Waals surface area contributed by atoms with Crippen molar-refractivity contribution in [3.8, 4) is 0 Å². The lowest BCUT2D eigenvalue weighted by atomic mass is 9.97. The Morgan fingerprint density at radius 3 is 2.52 bits per heavy atom. The summed E-state index contributed by atoms with van der Waals surface area (Å²) in [5.74, 6) is -0.258. The molecule has 0 saturated carbocycles. The van der Waals surface area contributed by atoms with Crippen LogP contribution in [0.3, 0.4) is 0 Å². The molecule has 0 aliphatic carbocycles. The predicted molar refractivity (Wildman–Crippen MR) is 105 cm³/mol. The van der Waals surface area contributed by atoms with Crippen molar-refractivity contribution in [1.82, 2.24) is 4.31 Å². The van der Waals surface area contributed by atoms with E-state index >= 15 is 0 Å². The molecule has 0 N–H and O–H groups in total. The van der Waals surface area contributed by atoms with E-state index in [4.69, 9.17) is 0 Å². The molecule has 0 unspecified atom stereocenters. The number of carbonyl (C=O) groups excluding carboxylic acids is 1. The molecular formula is C21H24N2O3S. The third kappa shape index (κ3) is 3.28. The molecule has 1 saturated heterocycles. The fourth-order valence-corrected chi connectivity index (χ4v) is 5.75. The van der Waals surface area contributed by atoms with E-state index in [0.29, 0.717) is 13.0 Å². The van der Waals surface area contributed by atoms with Crippen LogP contribution < -0.4 is 4.90 Å². The van der Waals surface area contributed by atoms with Gasteiger partial charge in [0.2, 0.25) is 15.9 Å². The number of amides is 1. The van der Waals surface area contributed by atoms with Crippen molar-refractivity contribution in [2.45, 2.75) is 37.1 Å². The molecule has 142 valence electrons. The van der Waals surface area contributed by atoms with Crippen LogP contribution in [-0.4, -0.2) is 37.8 Å². The first-order valence-corrected chi connectivity index (χ1v) is 10.9. The molecule has 0 bridgehead atoms. The van der Waals surface area contributed by atoms with Crippen molar-refractivity contribution in [2.75, 3.05) is 18.0 Å². The maximum absolute atomic E-state index is 13.3. The highest BCUT2D eigenvalue weighted by atomic mass is 32.2. The summed E-state index contributed by atoms with van der Waals surface area (Å²) in [6, 6.07) is 16.6. The first-order valence-electron chi connectivity index (χ1n) is 9.44. The van der Waals surface area contributed by atoms with Gasteiger partial charge in [0.1, 0.15) is 0 Å². The van der Waals surface area contributed by atoms with Gasteiger partial charge in [0.25, 0.3) is 0 Å². The van der Waals surface area contributed by atoms with Gasteiger partial charge in [-0.15, -0.1) is 0 Å². The van der Waals surface area contributed by atoms with Crippen molar-refractivity contribution in [3.63, 3.8) is 0 Å². The zero-order valence-corrected chi connectivity index (χ0v) is 16.2. The van der Waals surface area contributed by atoms with E-state index in [-0.39, 0.29) is 29.3 Å². The molecule has 2 atom stereocenters. The summed E-state index contributed by atoms with van der Waals surface area (Å²) >= 11 is 0. The molecule has 27 heavy (non-hydrogen) atoms. The van der Waals surface area contributed by atoms with E-state index in [9.17, 15) is 13.2 Å². The standard InChI is InChI=1S/C21H24N2O3S/c1-16-14-17-8-5-6-12-20(17)23(16)21(24)18-9-7-13-22(15-18)27(25,26)19-10-3-2-4-11-19/h2-6,8,10-12,16,18H,7,9,13-15H2,1H3/t16-,18+/m0/s1. The van der Waals surface area contributed by atoms with Crippen LogP contribution >= 0.6 is 0 Å². The molecule has 5 nitrogen and oxygen atoms in total. The van der Waals surface area contributed by atoms with Crippen LogP contribution in [0.25, 0.3) is 0 Å². The van der Waals surface area contributed by atoms with Gasteiger partial charge < -0.3 is 4.90 Å². The Morgan fingerprint density at radius 2 is 1.74 bits per heavy atom. The molecule has 1 amide bonds. The van der Waals surface area contributed by atoms with E-state index in [2.05, 4.69) is 13.0 Å². The minimum Gasteiger partial charge on any atom is -0.309 e. The molecule has 2 heterocycles. The number of benzene rings is 2. The number of hydrogen-bond acceptors (Lipinski definition) is 3. The van der Waals surface area contributed by atoms with Crippen LogP contribution in [0.2, 0.25) is 0 Å². The Kier molecular flexibility index (Phi) is 4.78. The van der Waals surface area contributed by atoms with Crippen LogP contribution in [0, 0.1) is 5.92 Å². The van der Waals surface area contributed by atoms with Gasteiger partial charge >= 0.3 is 0 Å². The van der Waals surface area contributed by atoms with E-state index in [1.165, 1.54) is 9.87 Å². The van der Waals surface area contributed by atoms with Crippen LogP contribution in [0.5, 0.6) is 0 Å². The van der Waals surface area contributed by atoms with Gasteiger partial charge in [0.05, 0.1) is 10.8 Å². The van der Waals surface area contributed by atoms with Gasteiger partial charge in [-0.05, 0) is 49.9 Å². The highest BCUT2D eigenvalue weighted by Crippen LogP contribution is 2.35. The van der Waals surface area contributed by atoms with Gasteiger partial charge in [-0.3, -0.25) is 4.79 Å². The molecule has 6 heteroatoms. The van der Waals surface area contributed by atoms with Crippen LogP contribution in [0.4, 0.5) is 5.69 Å². The molecule has 0 radical (unpaired) electrons. The first kappa shape index (κ1) is 18.2. The normalized spacial score (nSPS) is 23.2. The number of sulfonamides is 1. The van der Waals surface area contributed by atoms with Crippen molar-refractivity contribution < 1.29 is 13.2 Å². The highest BCUT2D eigenvalue weighted by Gasteiger charge is 2.38. The lowest BCUT2D eigenvalue weighted by molar-refractivity contribution is -0.123. The van der Waals surface area contributed by atoms with Crippen LogP contribution in [0.15, 0.2) is 59.5 Å². The number of hydrogen-bond donors (Lipinski definition) is 0. The van der Waals surface area contributed by atoms with E-state index in [1.54, 1.807) is 30.3 Å².